The van der Waals surface area contributed by atoms with Gasteiger partial charge in [-0.05, 0) is 51.8 Å². The minimum atomic E-state index is 0.285. The van der Waals surface area contributed by atoms with E-state index in [1.807, 2.05) is 23.7 Å². The summed E-state index contributed by atoms with van der Waals surface area (Å²) in [6.45, 7) is 0.768. The first-order valence-electron chi connectivity index (χ1n) is 4.99. The van der Waals surface area contributed by atoms with Gasteiger partial charge in [0.05, 0.1) is 4.60 Å². The molecule has 4 heteroatoms. The predicted octanol–water partition coefficient (Wildman–Crippen LogP) is 3.11. The van der Waals surface area contributed by atoms with E-state index in [4.69, 9.17) is 5.11 Å². The Morgan fingerprint density at radius 2 is 2.00 bits per heavy atom. The molecule has 1 aromatic heterocycles. The smallest absolute Gasteiger partial charge is 0.115 e. The van der Waals surface area contributed by atoms with E-state index in [9.17, 15) is 0 Å². The number of benzene rings is 1. The Balaban J connectivity index is 1.99. The maximum absolute atomic E-state index is 9.14. The second-order valence-corrected chi connectivity index (χ2v) is 4.49. The van der Waals surface area contributed by atoms with Gasteiger partial charge in [0, 0.05) is 25.5 Å². The molecule has 0 aliphatic heterocycles. The van der Waals surface area contributed by atoms with Crippen molar-refractivity contribution in [3.8, 4) is 5.75 Å². The Kier molecular flexibility index (Phi) is 3.19. The molecule has 0 atom stereocenters. The fourth-order valence-electron chi connectivity index (χ4n) is 1.48. The van der Waals surface area contributed by atoms with Crippen LogP contribution in [0.15, 0.2) is 41.1 Å². The Morgan fingerprint density at radius 3 is 2.56 bits per heavy atom. The molecule has 0 unspecified atom stereocenters. The van der Waals surface area contributed by atoms with Gasteiger partial charge < -0.3 is 15.0 Å². The molecule has 0 radical (unpaired) electrons. The highest BCUT2D eigenvalue weighted by molar-refractivity contribution is 9.10. The fraction of sp³-hybridized carbons (Fsp3) is 0.167. The second-order valence-electron chi connectivity index (χ2n) is 3.68. The van der Waals surface area contributed by atoms with E-state index in [-0.39, 0.29) is 5.75 Å². The molecule has 16 heavy (non-hydrogen) atoms. The lowest BCUT2D eigenvalue weighted by atomic mass is 10.3. The summed E-state index contributed by atoms with van der Waals surface area (Å²) in [6, 6.07) is 9.13. The van der Waals surface area contributed by atoms with E-state index in [0.717, 1.165) is 16.8 Å². The molecule has 84 valence electrons. The van der Waals surface area contributed by atoms with Gasteiger partial charge in [0.25, 0.3) is 0 Å². The van der Waals surface area contributed by atoms with E-state index >= 15 is 0 Å². The van der Waals surface area contributed by atoms with E-state index in [2.05, 4.69) is 33.5 Å². The van der Waals surface area contributed by atoms with Crippen LogP contribution < -0.4 is 5.32 Å². The summed E-state index contributed by atoms with van der Waals surface area (Å²) in [5.74, 6) is 0.285. The number of nitrogens with zero attached hydrogens (tertiary/aromatic N) is 1. The van der Waals surface area contributed by atoms with Crippen LogP contribution in [-0.2, 0) is 13.6 Å². The number of aromatic nitrogens is 1. The highest BCUT2D eigenvalue weighted by Gasteiger charge is 2.00. The maximum Gasteiger partial charge on any atom is 0.115 e. The van der Waals surface area contributed by atoms with E-state index in [0.29, 0.717) is 0 Å². The van der Waals surface area contributed by atoms with Crippen LogP contribution in [0.4, 0.5) is 5.69 Å². The highest BCUT2D eigenvalue weighted by atomic mass is 79.9. The molecule has 0 aliphatic rings. The van der Waals surface area contributed by atoms with Gasteiger partial charge in [-0.1, -0.05) is 0 Å². The lowest BCUT2D eigenvalue weighted by molar-refractivity contribution is 0.475. The van der Waals surface area contributed by atoms with E-state index < -0.39 is 0 Å². The molecule has 0 amide bonds. The molecular formula is C12H13BrN2O. The van der Waals surface area contributed by atoms with Crippen molar-refractivity contribution in [2.45, 2.75) is 6.54 Å². The Labute approximate surface area is 103 Å². The van der Waals surface area contributed by atoms with Gasteiger partial charge in [-0.15, -0.1) is 0 Å². The summed E-state index contributed by atoms with van der Waals surface area (Å²) in [4.78, 5) is 0. The summed E-state index contributed by atoms with van der Waals surface area (Å²) in [5, 5.41) is 12.4. The molecule has 0 saturated heterocycles. The molecular weight excluding hydrogens is 268 g/mol. The first kappa shape index (κ1) is 11.1. The van der Waals surface area contributed by atoms with Crippen molar-refractivity contribution in [2.24, 2.45) is 7.05 Å². The van der Waals surface area contributed by atoms with Crippen molar-refractivity contribution < 1.29 is 5.11 Å². The number of hydrogen-bond donors (Lipinski definition) is 2. The number of aryl methyl sites for hydroxylation is 1. The minimum absolute atomic E-state index is 0.285. The standard InChI is InChI=1S/C12H13BrN2O/c1-15-8-9(6-12(15)13)7-14-10-2-4-11(16)5-3-10/h2-6,8,14,16H,7H2,1H3. The summed E-state index contributed by atoms with van der Waals surface area (Å²) < 4.78 is 3.09. The molecule has 3 nitrogen and oxygen atoms in total. The molecule has 0 spiro atoms. The van der Waals surface area contributed by atoms with E-state index in [1.54, 1.807) is 12.1 Å². The maximum atomic E-state index is 9.14. The number of phenolic OH excluding ortho intramolecular Hbond substituents is 1. The van der Waals surface area contributed by atoms with Gasteiger partial charge in [-0.2, -0.15) is 0 Å². The zero-order chi connectivity index (χ0) is 11.5. The van der Waals surface area contributed by atoms with Gasteiger partial charge in [0.1, 0.15) is 5.75 Å². The van der Waals surface area contributed by atoms with Gasteiger partial charge in [-0.3, -0.25) is 0 Å². The molecule has 1 heterocycles. The van der Waals surface area contributed by atoms with Crippen molar-refractivity contribution in [1.29, 1.82) is 0 Å². The lowest BCUT2D eigenvalue weighted by Crippen LogP contribution is -1.97. The van der Waals surface area contributed by atoms with Crippen LogP contribution in [0.1, 0.15) is 5.56 Å². The molecule has 0 aliphatic carbocycles. The number of halogens is 1. The first-order chi connectivity index (χ1) is 7.65. The van der Waals surface area contributed by atoms with Crippen LogP contribution in [0, 0.1) is 0 Å². The summed E-state index contributed by atoms with van der Waals surface area (Å²) in [5.41, 5.74) is 2.21. The monoisotopic (exact) mass is 280 g/mol. The summed E-state index contributed by atoms with van der Waals surface area (Å²) in [7, 11) is 1.99. The average molecular weight is 281 g/mol. The van der Waals surface area contributed by atoms with Crippen LogP contribution >= 0.6 is 15.9 Å². The van der Waals surface area contributed by atoms with Crippen LogP contribution in [0.2, 0.25) is 0 Å². The second kappa shape index (κ2) is 4.61. The van der Waals surface area contributed by atoms with Crippen molar-refractivity contribution in [3.63, 3.8) is 0 Å². The zero-order valence-electron chi connectivity index (χ0n) is 8.94. The Morgan fingerprint density at radius 1 is 1.31 bits per heavy atom. The average Bonchev–Trinajstić information content (AvgIpc) is 2.58. The number of phenols is 1. The van der Waals surface area contributed by atoms with Crippen molar-refractivity contribution in [1.82, 2.24) is 4.57 Å². The third-order valence-corrected chi connectivity index (χ3v) is 3.15. The number of aromatic hydroxyl groups is 1. The summed E-state index contributed by atoms with van der Waals surface area (Å²) in [6.07, 6.45) is 2.07. The zero-order valence-corrected chi connectivity index (χ0v) is 10.5. The SMILES string of the molecule is Cn1cc(CNc2ccc(O)cc2)cc1Br. The molecule has 0 bridgehead atoms. The predicted molar refractivity (Wildman–Crippen MR) is 68.5 cm³/mol. The van der Waals surface area contributed by atoms with Crippen molar-refractivity contribution >= 4 is 21.6 Å². The Hall–Kier alpha value is -1.42. The molecule has 2 N–H and O–H groups in total. The number of rotatable bonds is 3. The van der Waals surface area contributed by atoms with Crippen LogP contribution in [0.5, 0.6) is 5.75 Å². The van der Waals surface area contributed by atoms with Gasteiger partial charge >= 0.3 is 0 Å². The normalized spacial score (nSPS) is 10.4. The topological polar surface area (TPSA) is 37.2 Å². The highest BCUT2D eigenvalue weighted by Crippen LogP contribution is 2.17. The summed E-state index contributed by atoms with van der Waals surface area (Å²) >= 11 is 3.45. The third-order valence-electron chi connectivity index (χ3n) is 2.36. The van der Waals surface area contributed by atoms with Gasteiger partial charge in [0.2, 0.25) is 0 Å². The minimum Gasteiger partial charge on any atom is -0.508 e. The third kappa shape index (κ3) is 2.58. The molecule has 0 fully saturated rings. The number of anilines is 1. The first-order valence-corrected chi connectivity index (χ1v) is 5.78. The number of nitrogens with one attached hydrogen (secondary N) is 1. The molecule has 0 saturated carbocycles. The van der Waals surface area contributed by atoms with Crippen molar-refractivity contribution in [2.75, 3.05) is 5.32 Å². The van der Waals surface area contributed by atoms with Crippen molar-refractivity contribution in [3.05, 3.63) is 46.7 Å². The fourth-order valence-corrected chi connectivity index (χ4v) is 1.88. The Bertz CT molecular complexity index is 457. The molecule has 2 aromatic rings. The lowest BCUT2D eigenvalue weighted by Gasteiger charge is -2.04. The molecule has 1 aromatic carbocycles. The van der Waals surface area contributed by atoms with Gasteiger partial charge in [-0.25, -0.2) is 0 Å². The van der Waals surface area contributed by atoms with Crippen LogP contribution in [0.25, 0.3) is 0 Å². The van der Waals surface area contributed by atoms with Crippen LogP contribution in [-0.4, -0.2) is 9.67 Å². The molecule has 2 rings (SSSR count). The van der Waals surface area contributed by atoms with Gasteiger partial charge in [0.15, 0.2) is 0 Å². The van der Waals surface area contributed by atoms with Crippen LogP contribution in [0.3, 0.4) is 0 Å². The number of hydrogen-bond acceptors (Lipinski definition) is 2. The largest absolute Gasteiger partial charge is 0.508 e. The quantitative estimate of drug-likeness (QED) is 0.848. The van der Waals surface area contributed by atoms with E-state index in [1.165, 1.54) is 5.56 Å².